The van der Waals surface area contributed by atoms with Gasteiger partial charge in [-0.3, -0.25) is 0 Å². The summed E-state index contributed by atoms with van der Waals surface area (Å²) in [5, 5.41) is 0. The lowest BCUT2D eigenvalue weighted by atomic mass is 10.2. The standard InChI is InChI=1S/C8H17NO3/c1-8(2,3)12-7(10)6-11-5-4-9/h4-6,9H2,1-3H3. The molecule has 4 heteroatoms. The highest BCUT2D eigenvalue weighted by Gasteiger charge is 2.15. The van der Waals surface area contributed by atoms with Crippen molar-refractivity contribution in [2.75, 3.05) is 19.8 Å². The molecule has 0 heterocycles. The Morgan fingerprint density at radius 3 is 2.42 bits per heavy atom. The molecule has 0 aliphatic rings. The van der Waals surface area contributed by atoms with E-state index in [1.54, 1.807) is 0 Å². The van der Waals surface area contributed by atoms with Crippen molar-refractivity contribution in [2.45, 2.75) is 26.4 Å². The third-order valence-corrected chi connectivity index (χ3v) is 0.902. The Bertz CT molecular complexity index is 140. The molecule has 0 aromatic carbocycles. The van der Waals surface area contributed by atoms with Crippen LogP contribution in [0.4, 0.5) is 0 Å². The maximum absolute atomic E-state index is 10.9. The fourth-order valence-electron chi connectivity index (χ4n) is 0.610. The van der Waals surface area contributed by atoms with Crippen LogP contribution < -0.4 is 5.73 Å². The van der Waals surface area contributed by atoms with Gasteiger partial charge in [0.1, 0.15) is 12.2 Å². The van der Waals surface area contributed by atoms with E-state index in [2.05, 4.69) is 0 Å². The van der Waals surface area contributed by atoms with Gasteiger partial charge >= 0.3 is 5.97 Å². The zero-order valence-electron chi connectivity index (χ0n) is 7.92. The van der Waals surface area contributed by atoms with E-state index in [1.165, 1.54) is 0 Å². The van der Waals surface area contributed by atoms with E-state index < -0.39 is 5.60 Å². The summed E-state index contributed by atoms with van der Waals surface area (Å²) in [6.45, 7) is 6.23. The lowest BCUT2D eigenvalue weighted by Gasteiger charge is -2.19. The summed E-state index contributed by atoms with van der Waals surface area (Å²) in [4.78, 5) is 10.9. The van der Waals surface area contributed by atoms with E-state index in [0.717, 1.165) is 0 Å². The summed E-state index contributed by atoms with van der Waals surface area (Å²) in [5.74, 6) is -0.351. The van der Waals surface area contributed by atoms with Gasteiger partial charge in [-0.25, -0.2) is 4.79 Å². The molecule has 72 valence electrons. The first-order valence-corrected chi connectivity index (χ1v) is 3.95. The van der Waals surface area contributed by atoms with Crippen LogP contribution in [0.1, 0.15) is 20.8 Å². The highest BCUT2D eigenvalue weighted by molar-refractivity contribution is 5.71. The molecular formula is C8H17NO3. The van der Waals surface area contributed by atoms with Crippen LogP contribution in [0.3, 0.4) is 0 Å². The van der Waals surface area contributed by atoms with E-state index in [1.807, 2.05) is 20.8 Å². The smallest absolute Gasteiger partial charge is 0.332 e. The lowest BCUT2D eigenvalue weighted by Crippen LogP contribution is -2.27. The van der Waals surface area contributed by atoms with Gasteiger partial charge in [0.2, 0.25) is 0 Å². The van der Waals surface area contributed by atoms with E-state index >= 15 is 0 Å². The molecule has 0 saturated carbocycles. The molecule has 0 radical (unpaired) electrons. The van der Waals surface area contributed by atoms with Gasteiger partial charge in [-0.05, 0) is 20.8 Å². The highest BCUT2D eigenvalue weighted by atomic mass is 16.6. The van der Waals surface area contributed by atoms with Gasteiger partial charge in [-0.15, -0.1) is 0 Å². The predicted molar refractivity (Wildman–Crippen MR) is 45.7 cm³/mol. The summed E-state index contributed by atoms with van der Waals surface area (Å²) in [6, 6.07) is 0. The largest absolute Gasteiger partial charge is 0.458 e. The molecule has 0 aliphatic heterocycles. The van der Waals surface area contributed by atoms with Gasteiger partial charge in [0, 0.05) is 6.54 Å². The molecular weight excluding hydrogens is 158 g/mol. The Labute approximate surface area is 73.0 Å². The average molecular weight is 175 g/mol. The van der Waals surface area contributed by atoms with Crippen LogP contribution in [-0.4, -0.2) is 31.3 Å². The maximum Gasteiger partial charge on any atom is 0.332 e. The summed E-state index contributed by atoms with van der Waals surface area (Å²) in [6.07, 6.45) is 0. The van der Waals surface area contributed by atoms with Crippen molar-refractivity contribution in [2.24, 2.45) is 5.73 Å². The zero-order chi connectivity index (χ0) is 9.61. The van der Waals surface area contributed by atoms with Crippen LogP contribution in [0, 0.1) is 0 Å². The first kappa shape index (κ1) is 11.4. The van der Waals surface area contributed by atoms with Gasteiger partial charge in [0.25, 0.3) is 0 Å². The summed E-state index contributed by atoms with van der Waals surface area (Å²) in [5.41, 5.74) is 4.72. The molecule has 0 aliphatic carbocycles. The molecule has 0 aromatic heterocycles. The normalized spacial score (nSPS) is 11.3. The maximum atomic E-state index is 10.9. The number of esters is 1. The monoisotopic (exact) mass is 175 g/mol. The third kappa shape index (κ3) is 7.50. The van der Waals surface area contributed by atoms with Gasteiger partial charge in [-0.2, -0.15) is 0 Å². The Morgan fingerprint density at radius 2 is 2.00 bits per heavy atom. The number of hydrogen-bond donors (Lipinski definition) is 1. The van der Waals surface area contributed by atoms with Gasteiger partial charge in [-0.1, -0.05) is 0 Å². The van der Waals surface area contributed by atoms with Crippen molar-refractivity contribution < 1.29 is 14.3 Å². The molecule has 12 heavy (non-hydrogen) atoms. The van der Waals surface area contributed by atoms with Crippen molar-refractivity contribution >= 4 is 5.97 Å². The molecule has 0 bridgehead atoms. The summed E-state index contributed by atoms with van der Waals surface area (Å²) >= 11 is 0. The first-order chi connectivity index (χ1) is 5.45. The van der Waals surface area contributed by atoms with Gasteiger partial charge in [0.05, 0.1) is 6.61 Å². The first-order valence-electron chi connectivity index (χ1n) is 3.95. The number of rotatable bonds is 4. The van der Waals surface area contributed by atoms with Crippen molar-refractivity contribution in [1.82, 2.24) is 0 Å². The van der Waals surface area contributed by atoms with Crippen molar-refractivity contribution in [3.8, 4) is 0 Å². The summed E-state index contributed by atoms with van der Waals surface area (Å²) < 4.78 is 9.87. The number of hydrogen-bond acceptors (Lipinski definition) is 4. The predicted octanol–water partition coefficient (Wildman–Crippen LogP) is 0.303. The van der Waals surface area contributed by atoms with Crippen LogP contribution in [0.2, 0.25) is 0 Å². The average Bonchev–Trinajstić information content (AvgIpc) is 1.84. The number of carbonyl (C=O) groups is 1. The van der Waals surface area contributed by atoms with Crippen LogP contribution in [0.5, 0.6) is 0 Å². The quantitative estimate of drug-likeness (QED) is 0.493. The Hall–Kier alpha value is -0.610. The topological polar surface area (TPSA) is 61.5 Å². The Balaban J connectivity index is 3.47. The SMILES string of the molecule is CC(C)(C)OC(=O)COCCN. The van der Waals surface area contributed by atoms with E-state index in [9.17, 15) is 4.79 Å². The highest BCUT2D eigenvalue weighted by Crippen LogP contribution is 2.06. The molecule has 0 fully saturated rings. The molecule has 0 atom stereocenters. The number of carbonyl (C=O) groups excluding carboxylic acids is 1. The second-order valence-electron chi connectivity index (χ2n) is 3.43. The van der Waals surface area contributed by atoms with Crippen molar-refractivity contribution in [1.29, 1.82) is 0 Å². The lowest BCUT2D eigenvalue weighted by molar-refractivity contribution is -0.160. The van der Waals surface area contributed by atoms with Crippen molar-refractivity contribution in [3.05, 3.63) is 0 Å². The molecule has 0 saturated heterocycles. The molecule has 0 amide bonds. The van der Waals surface area contributed by atoms with Crippen LogP contribution in [0.25, 0.3) is 0 Å². The molecule has 0 rings (SSSR count). The molecule has 0 unspecified atom stereocenters. The van der Waals surface area contributed by atoms with Crippen LogP contribution in [-0.2, 0) is 14.3 Å². The second kappa shape index (κ2) is 5.11. The fraction of sp³-hybridized carbons (Fsp3) is 0.875. The molecule has 2 N–H and O–H groups in total. The van der Waals surface area contributed by atoms with Crippen LogP contribution >= 0.6 is 0 Å². The Morgan fingerprint density at radius 1 is 1.42 bits per heavy atom. The molecule has 0 spiro atoms. The minimum Gasteiger partial charge on any atom is -0.458 e. The molecule has 4 nitrogen and oxygen atoms in total. The summed E-state index contributed by atoms with van der Waals surface area (Å²) in [7, 11) is 0. The molecule has 0 aromatic rings. The number of nitrogens with two attached hydrogens (primary N) is 1. The zero-order valence-corrected chi connectivity index (χ0v) is 7.92. The number of ether oxygens (including phenoxy) is 2. The van der Waals surface area contributed by atoms with Gasteiger partial charge in [0.15, 0.2) is 0 Å². The van der Waals surface area contributed by atoms with Crippen molar-refractivity contribution in [3.63, 3.8) is 0 Å². The fourth-order valence-corrected chi connectivity index (χ4v) is 0.610. The van der Waals surface area contributed by atoms with E-state index in [4.69, 9.17) is 15.2 Å². The van der Waals surface area contributed by atoms with Crippen LogP contribution in [0.15, 0.2) is 0 Å². The van der Waals surface area contributed by atoms with Gasteiger partial charge < -0.3 is 15.2 Å². The van der Waals surface area contributed by atoms with E-state index in [-0.39, 0.29) is 12.6 Å². The third-order valence-electron chi connectivity index (χ3n) is 0.902. The Kier molecular flexibility index (Phi) is 4.85. The minimum absolute atomic E-state index is 0.0194. The minimum atomic E-state index is -0.441. The van der Waals surface area contributed by atoms with E-state index in [0.29, 0.717) is 13.2 Å². The second-order valence-corrected chi connectivity index (χ2v) is 3.43.